The van der Waals surface area contributed by atoms with Crippen LogP contribution >= 0.6 is 11.6 Å². The van der Waals surface area contributed by atoms with Crippen molar-refractivity contribution >= 4 is 29.1 Å². The molecule has 1 aliphatic rings. The molecule has 132 valence electrons. The third-order valence-corrected chi connectivity index (χ3v) is 4.86. The molecule has 2 heterocycles. The molecule has 26 heavy (non-hydrogen) atoms. The topological polar surface area (TPSA) is 62.7 Å². The Labute approximate surface area is 157 Å². The van der Waals surface area contributed by atoms with Gasteiger partial charge in [-0.2, -0.15) is 4.98 Å². The van der Waals surface area contributed by atoms with Crippen LogP contribution in [0.5, 0.6) is 0 Å². The summed E-state index contributed by atoms with van der Waals surface area (Å²) in [5, 5.41) is 7.55. The van der Waals surface area contributed by atoms with E-state index in [0.29, 0.717) is 12.0 Å². The number of hydrogen-bond donors (Lipinski definition) is 2. The molecular weight excluding hydrogens is 346 g/mol. The number of benzene rings is 1. The highest BCUT2D eigenvalue weighted by Gasteiger charge is 2.22. The molecule has 0 bridgehead atoms. The van der Waals surface area contributed by atoms with Gasteiger partial charge in [-0.15, -0.1) is 0 Å². The number of aromatic nitrogens is 3. The zero-order chi connectivity index (χ0) is 18.1. The van der Waals surface area contributed by atoms with E-state index in [9.17, 15) is 0 Å². The Bertz CT molecular complexity index is 938. The third kappa shape index (κ3) is 3.63. The van der Waals surface area contributed by atoms with E-state index in [1.165, 1.54) is 0 Å². The lowest BCUT2D eigenvalue weighted by Crippen LogP contribution is -2.08. The van der Waals surface area contributed by atoms with E-state index in [1.54, 1.807) is 6.20 Å². The van der Waals surface area contributed by atoms with Crippen molar-refractivity contribution < 1.29 is 0 Å². The molecule has 0 atom stereocenters. The molecule has 3 aromatic rings. The predicted molar refractivity (Wildman–Crippen MR) is 106 cm³/mol. The molecule has 5 nitrogen and oxygen atoms in total. The van der Waals surface area contributed by atoms with Crippen molar-refractivity contribution in [3.63, 3.8) is 0 Å². The quantitative estimate of drug-likeness (QED) is 0.656. The molecule has 1 aliphatic carbocycles. The molecule has 0 aliphatic heterocycles. The fourth-order valence-electron chi connectivity index (χ4n) is 2.79. The molecule has 0 amide bonds. The first kappa shape index (κ1) is 16.8. The highest BCUT2D eigenvalue weighted by molar-refractivity contribution is 6.31. The van der Waals surface area contributed by atoms with Crippen LogP contribution in [0, 0.1) is 13.8 Å². The van der Waals surface area contributed by atoms with Gasteiger partial charge < -0.3 is 10.6 Å². The molecule has 0 saturated heterocycles. The maximum Gasteiger partial charge on any atom is 0.225 e. The minimum atomic E-state index is 0.474. The Morgan fingerprint density at radius 3 is 2.69 bits per heavy atom. The zero-order valence-electron chi connectivity index (χ0n) is 14.8. The SMILES string of the molecule is Cc1ccc(Cl)c(C)c1Nc1cc(-c2cccnc2)nc(NC2CC2)n1. The van der Waals surface area contributed by atoms with E-state index in [1.807, 2.05) is 43.5 Å². The first-order valence-corrected chi connectivity index (χ1v) is 9.06. The standard InChI is InChI=1S/C20H20ClN5/c1-12-5-8-16(21)13(2)19(12)25-18-10-17(14-4-3-9-22-11-14)24-20(26-18)23-15-6-7-15/h3-5,8-11,15H,6-7H2,1-2H3,(H2,23,24,25,26). The number of aryl methyl sites for hydroxylation is 1. The van der Waals surface area contributed by atoms with Crippen molar-refractivity contribution in [3.8, 4) is 11.3 Å². The summed E-state index contributed by atoms with van der Waals surface area (Å²) in [5.41, 5.74) is 4.88. The van der Waals surface area contributed by atoms with Gasteiger partial charge in [-0.25, -0.2) is 4.98 Å². The zero-order valence-corrected chi connectivity index (χ0v) is 15.5. The minimum absolute atomic E-state index is 0.474. The molecule has 1 aromatic carbocycles. The van der Waals surface area contributed by atoms with Gasteiger partial charge in [-0.05, 0) is 56.0 Å². The first-order valence-electron chi connectivity index (χ1n) is 8.69. The van der Waals surface area contributed by atoms with Crippen molar-refractivity contribution in [2.24, 2.45) is 0 Å². The van der Waals surface area contributed by atoms with Crippen LogP contribution in [0.3, 0.4) is 0 Å². The number of nitrogens with one attached hydrogen (secondary N) is 2. The van der Waals surface area contributed by atoms with E-state index in [0.717, 1.165) is 51.8 Å². The van der Waals surface area contributed by atoms with E-state index < -0.39 is 0 Å². The molecule has 1 saturated carbocycles. The minimum Gasteiger partial charge on any atom is -0.351 e. The highest BCUT2D eigenvalue weighted by atomic mass is 35.5. The third-order valence-electron chi connectivity index (χ3n) is 4.45. The van der Waals surface area contributed by atoms with Crippen LogP contribution in [0.4, 0.5) is 17.5 Å². The number of pyridine rings is 1. The molecule has 4 rings (SSSR count). The summed E-state index contributed by atoms with van der Waals surface area (Å²) >= 11 is 6.29. The van der Waals surface area contributed by atoms with Gasteiger partial charge in [0.2, 0.25) is 5.95 Å². The van der Waals surface area contributed by atoms with Crippen LogP contribution in [-0.4, -0.2) is 21.0 Å². The normalized spacial score (nSPS) is 13.5. The lowest BCUT2D eigenvalue weighted by molar-refractivity contribution is 1.06. The van der Waals surface area contributed by atoms with E-state index >= 15 is 0 Å². The first-order chi connectivity index (χ1) is 12.6. The summed E-state index contributed by atoms with van der Waals surface area (Å²) in [7, 11) is 0. The maximum absolute atomic E-state index is 6.29. The van der Waals surface area contributed by atoms with Gasteiger partial charge in [0.15, 0.2) is 0 Å². The Kier molecular flexibility index (Phi) is 4.47. The molecule has 2 aromatic heterocycles. The number of halogens is 1. The van der Waals surface area contributed by atoms with Gasteiger partial charge in [0, 0.05) is 40.8 Å². The Hall–Kier alpha value is -2.66. The molecular formula is C20H20ClN5. The number of anilines is 3. The van der Waals surface area contributed by atoms with Crippen molar-refractivity contribution in [3.05, 3.63) is 58.9 Å². The molecule has 1 fully saturated rings. The molecule has 0 radical (unpaired) electrons. The van der Waals surface area contributed by atoms with Crippen molar-refractivity contribution in [1.29, 1.82) is 0 Å². The average molecular weight is 366 g/mol. The van der Waals surface area contributed by atoms with Gasteiger partial charge in [0.1, 0.15) is 5.82 Å². The lowest BCUT2D eigenvalue weighted by Gasteiger charge is -2.15. The molecule has 0 unspecified atom stereocenters. The summed E-state index contributed by atoms with van der Waals surface area (Å²) in [4.78, 5) is 13.5. The highest BCUT2D eigenvalue weighted by Crippen LogP contribution is 2.31. The molecule has 6 heteroatoms. The average Bonchev–Trinajstić information content (AvgIpc) is 3.46. The summed E-state index contributed by atoms with van der Waals surface area (Å²) in [6.45, 7) is 4.06. The summed E-state index contributed by atoms with van der Waals surface area (Å²) in [5.74, 6) is 1.36. The smallest absolute Gasteiger partial charge is 0.225 e. The second-order valence-corrected chi connectivity index (χ2v) is 7.02. The Morgan fingerprint density at radius 2 is 1.96 bits per heavy atom. The van der Waals surface area contributed by atoms with Crippen molar-refractivity contribution in [2.45, 2.75) is 32.7 Å². The van der Waals surface area contributed by atoms with Gasteiger partial charge in [-0.1, -0.05) is 17.7 Å². The molecule has 0 spiro atoms. The van der Waals surface area contributed by atoms with E-state index in [4.69, 9.17) is 11.6 Å². The monoisotopic (exact) mass is 365 g/mol. The van der Waals surface area contributed by atoms with Crippen molar-refractivity contribution in [1.82, 2.24) is 15.0 Å². The van der Waals surface area contributed by atoms with Gasteiger partial charge in [0.05, 0.1) is 5.69 Å². The Balaban J connectivity index is 1.74. The number of nitrogens with zero attached hydrogens (tertiary/aromatic N) is 3. The second kappa shape index (κ2) is 6.92. The number of hydrogen-bond acceptors (Lipinski definition) is 5. The van der Waals surface area contributed by atoms with E-state index in [2.05, 4.69) is 32.5 Å². The van der Waals surface area contributed by atoms with Crippen LogP contribution < -0.4 is 10.6 Å². The van der Waals surface area contributed by atoms with E-state index in [-0.39, 0.29) is 0 Å². The summed E-state index contributed by atoms with van der Waals surface area (Å²) in [6, 6.07) is 10.2. The van der Waals surface area contributed by atoms with Gasteiger partial charge in [-0.3, -0.25) is 4.98 Å². The van der Waals surface area contributed by atoms with Crippen LogP contribution in [0.1, 0.15) is 24.0 Å². The lowest BCUT2D eigenvalue weighted by atomic mass is 10.1. The summed E-state index contributed by atoms with van der Waals surface area (Å²) < 4.78 is 0. The second-order valence-electron chi connectivity index (χ2n) is 6.61. The van der Waals surface area contributed by atoms with Crippen LogP contribution in [0.2, 0.25) is 5.02 Å². The van der Waals surface area contributed by atoms with Gasteiger partial charge >= 0.3 is 0 Å². The van der Waals surface area contributed by atoms with Crippen molar-refractivity contribution in [2.75, 3.05) is 10.6 Å². The predicted octanol–water partition coefficient (Wildman–Crippen LogP) is 5.13. The fraction of sp³-hybridized carbons (Fsp3) is 0.250. The van der Waals surface area contributed by atoms with Crippen LogP contribution in [-0.2, 0) is 0 Å². The van der Waals surface area contributed by atoms with Crippen LogP contribution in [0.15, 0.2) is 42.7 Å². The molecule has 2 N–H and O–H groups in total. The Morgan fingerprint density at radius 1 is 1.12 bits per heavy atom. The van der Waals surface area contributed by atoms with Gasteiger partial charge in [0.25, 0.3) is 0 Å². The number of rotatable bonds is 5. The van der Waals surface area contributed by atoms with Crippen LogP contribution in [0.25, 0.3) is 11.3 Å². The maximum atomic E-state index is 6.29. The summed E-state index contributed by atoms with van der Waals surface area (Å²) in [6.07, 6.45) is 5.89. The fourth-order valence-corrected chi connectivity index (χ4v) is 2.95. The largest absolute Gasteiger partial charge is 0.351 e.